The van der Waals surface area contributed by atoms with Crippen molar-refractivity contribution in [2.24, 2.45) is 5.92 Å². The molecule has 1 saturated heterocycles. The third-order valence-electron chi connectivity index (χ3n) is 3.14. The van der Waals surface area contributed by atoms with Gasteiger partial charge in [0, 0.05) is 13.1 Å². The second-order valence-corrected chi connectivity index (χ2v) is 6.33. The smallest absolute Gasteiger partial charge is 0.266 e. The fraction of sp³-hybridized carbons (Fsp3) is 0.545. The molecule has 1 aliphatic heterocycles. The van der Waals surface area contributed by atoms with Crippen molar-refractivity contribution < 1.29 is 17.2 Å². The van der Waals surface area contributed by atoms with Gasteiger partial charge in [-0.05, 0) is 30.9 Å². The maximum atomic E-state index is 13.3. The van der Waals surface area contributed by atoms with Crippen LogP contribution >= 0.6 is 0 Å². The van der Waals surface area contributed by atoms with Crippen LogP contribution in [0.3, 0.4) is 0 Å². The molecule has 1 N–H and O–H groups in total. The van der Waals surface area contributed by atoms with Gasteiger partial charge in [0.05, 0.1) is 0 Å². The molecule has 0 aliphatic carbocycles. The number of piperidine rings is 1. The summed E-state index contributed by atoms with van der Waals surface area (Å²) in [5.74, 6) is -1.68. The highest BCUT2D eigenvalue weighted by molar-refractivity contribution is 7.90. The number of nitrogens with zero attached hydrogens (tertiary/aromatic N) is 2. The molecule has 106 valence electrons. The van der Waals surface area contributed by atoms with Gasteiger partial charge in [-0.3, -0.25) is 4.72 Å². The highest BCUT2D eigenvalue weighted by Crippen LogP contribution is 2.21. The molecule has 0 saturated carbocycles. The van der Waals surface area contributed by atoms with Gasteiger partial charge in [0.2, 0.25) is 11.9 Å². The van der Waals surface area contributed by atoms with E-state index in [1.807, 2.05) is 0 Å². The fourth-order valence-electron chi connectivity index (χ4n) is 1.92. The van der Waals surface area contributed by atoms with Crippen molar-refractivity contribution in [1.29, 1.82) is 0 Å². The van der Waals surface area contributed by atoms with Crippen LogP contribution in [0.1, 0.15) is 19.8 Å². The minimum Gasteiger partial charge on any atom is -0.266 e. The van der Waals surface area contributed by atoms with Crippen molar-refractivity contribution >= 4 is 15.9 Å². The Bertz CT molecular complexity index is 557. The van der Waals surface area contributed by atoms with E-state index >= 15 is 0 Å². The summed E-state index contributed by atoms with van der Waals surface area (Å²) < 4.78 is 53.4. The predicted molar refractivity (Wildman–Crippen MR) is 66.7 cm³/mol. The number of rotatable bonds is 3. The number of hydrogen-bond donors (Lipinski definition) is 1. The summed E-state index contributed by atoms with van der Waals surface area (Å²) in [4.78, 5) is 2.94. The maximum Gasteiger partial charge on any atom is 0.301 e. The molecule has 1 aromatic rings. The van der Waals surface area contributed by atoms with Gasteiger partial charge in [0.25, 0.3) is 0 Å². The average molecular weight is 291 g/mol. The van der Waals surface area contributed by atoms with Crippen molar-refractivity contribution in [2.75, 3.05) is 17.8 Å². The molecule has 2 rings (SSSR count). The molecule has 0 amide bonds. The lowest BCUT2D eigenvalue weighted by Gasteiger charge is -2.29. The first-order chi connectivity index (χ1) is 8.88. The Morgan fingerprint density at radius 2 is 1.95 bits per heavy atom. The van der Waals surface area contributed by atoms with Gasteiger partial charge in [0.1, 0.15) is 5.69 Å². The minimum atomic E-state index is -3.81. The van der Waals surface area contributed by atoms with Crippen molar-refractivity contribution in [2.45, 2.75) is 19.8 Å². The highest BCUT2D eigenvalue weighted by Gasteiger charge is 2.27. The minimum absolute atomic E-state index is 0.347. The van der Waals surface area contributed by atoms with E-state index in [9.17, 15) is 17.2 Å². The van der Waals surface area contributed by atoms with Crippen LogP contribution in [0.2, 0.25) is 0 Å². The van der Waals surface area contributed by atoms with Crippen molar-refractivity contribution in [3.05, 3.63) is 24.0 Å². The van der Waals surface area contributed by atoms with Gasteiger partial charge >= 0.3 is 10.2 Å². The van der Waals surface area contributed by atoms with E-state index in [1.165, 1.54) is 4.31 Å². The molecule has 2 heterocycles. The second kappa shape index (κ2) is 5.38. The molecule has 0 bridgehead atoms. The fourth-order valence-corrected chi connectivity index (χ4v) is 3.17. The summed E-state index contributed by atoms with van der Waals surface area (Å²) >= 11 is 0. The molecule has 1 aliphatic rings. The average Bonchev–Trinajstić information content (AvgIpc) is 2.33. The molecule has 0 unspecified atom stereocenters. The van der Waals surface area contributed by atoms with Gasteiger partial charge < -0.3 is 0 Å². The number of anilines is 1. The molecule has 1 aromatic heterocycles. The van der Waals surface area contributed by atoms with Crippen LogP contribution in [0.25, 0.3) is 0 Å². The summed E-state index contributed by atoms with van der Waals surface area (Å²) in [5.41, 5.74) is -0.347. The molecule has 0 spiro atoms. The van der Waals surface area contributed by atoms with E-state index in [1.54, 1.807) is 0 Å². The third-order valence-corrected chi connectivity index (χ3v) is 4.66. The number of nitrogens with one attached hydrogen (secondary N) is 1. The number of pyridine rings is 1. The largest absolute Gasteiger partial charge is 0.301 e. The van der Waals surface area contributed by atoms with Gasteiger partial charge in [0.15, 0.2) is 0 Å². The van der Waals surface area contributed by atoms with Crippen LogP contribution in [0.5, 0.6) is 0 Å². The summed E-state index contributed by atoms with van der Waals surface area (Å²) in [5, 5.41) is 0. The lowest BCUT2D eigenvalue weighted by molar-refractivity contribution is 0.289. The lowest BCUT2D eigenvalue weighted by atomic mass is 10.0. The predicted octanol–water partition coefficient (Wildman–Crippen LogP) is 1.75. The number of hydrogen-bond acceptors (Lipinski definition) is 3. The Morgan fingerprint density at radius 1 is 1.32 bits per heavy atom. The Balaban J connectivity index is 2.12. The quantitative estimate of drug-likeness (QED) is 0.863. The van der Waals surface area contributed by atoms with Gasteiger partial charge in [-0.2, -0.15) is 26.5 Å². The molecule has 1 fully saturated rings. The molecule has 0 radical (unpaired) electrons. The normalized spacial score (nSPS) is 18.5. The summed E-state index contributed by atoms with van der Waals surface area (Å²) in [6.45, 7) is 2.85. The Labute approximate surface area is 110 Å². The highest BCUT2D eigenvalue weighted by atomic mass is 32.2. The van der Waals surface area contributed by atoms with E-state index in [0.717, 1.165) is 25.0 Å². The summed E-state index contributed by atoms with van der Waals surface area (Å²) in [6.07, 6.45) is 1.54. The monoisotopic (exact) mass is 291 g/mol. The Hall–Kier alpha value is -1.28. The van der Waals surface area contributed by atoms with E-state index in [-0.39, 0.29) is 5.69 Å². The zero-order chi connectivity index (χ0) is 14.0. The Kier molecular flexibility index (Phi) is 4.00. The van der Waals surface area contributed by atoms with Crippen LogP contribution in [0.4, 0.5) is 14.5 Å². The summed E-state index contributed by atoms with van der Waals surface area (Å²) in [7, 11) is -3.81. The van der Waals surface area contributed by atoms with Crippen LogP contribution in [0.15, 0.2) is 12.1 Å². The molecular formula is C11H15F2N3O2S. The first kappa shape index (κ1) is 14.1. The summed E-state index contributed by atoms with van der Waals surface area (Å²) in [6, 6.07) is 1.92. The first-order valence-electron chi connectivity index (χ1n) is 5.98. The van der Waals surface area contributed by atoms with Crippen molar-refractivity contribution in [1.82, 2.24) is 9.29 Å². The second-order valence-electron chi connectivity index (χ2n) is 4.66. The Morgan fingerprint density at radius 3 is 2.53 bits per heavy atom. The van der Waals surface area contributed by atoms with Crippen molar-refractivity contribution in [3.8, 4) is 0 Å². The molecule has 8 heteroatoms. The van der Waals surface area contributed by atoms with E-state index in [0.29, 0.717) is 19.0 Å². The standard InChI is InChI=1S/C11H15F2N3O2S/c1-8-4-6-16(7-5-8)19(17,18)15-9-2-3-10(12)14-11(9)13/h2-3,8,15H,4-7H2,1H3. The van der Waals surface area contributed by atoms with Crippen LogP contribution in [0, 0.1) is 17.8 Å². The van der Waals surface area contributed by atoms with Crippen LogP contribution in [-0.4, -0.2) is 30.8 Å². The molecule has 5 nitrogen and oxygen atoms in total. The topological polar surface area (TPSA) is 62.3 Å². The number of aromatic nitrogens is 1. The zero-order valence-corrected chi connectivity index (χ0v) is 11.3. The third kappa shape index (κ3) is 3.38. The van der Waals surface area contributed by atoms with Gasteiger partial charge in [-0.25, -0.2) is 0 Å². The van der Waals surface area contributed by atoms with E-state index in [2.05, 4.69) is 16.6 Å². The van der Waals surface area contributed by atoms with Crippen LogP contribution in [-0.2, 0) is 10.2 Å². The molecule has 0 atom stereocenters. The van der Waals surface area contributed by atoms with Crippen LogP contribution < -0.4 is 4.72 Å². The molecule has 19 heavy (non-hydrogen) atoms. The first-order valence-corrected chi connectivity index (χ1v) is 7.42. The lowest BCUT2D eigenvalue weighted by Crippen LogP contribution is -2.41. The van der Waals surface area contributed by atoms with Crippen molar-refractivity contribution in [3.63, 3.8) is 0 Å². The van der Waals surface area contributed by atoms with E-state index < -0.39 is 22.1 Å². The molecular weight excluding hydrogens is 276 g/mol. The van der Waals surface area contributed by atoms with Gasteiger partial charge in [-0.15, -0.1) is 0 Å². The SMILES string of the molecule is CC1CCN(S(=O)(=O)Nc2ccc(F)nc2F)CC1. The van der Waals surface area contributed by atoms with E-state index in [4.69, 9.17) is 0 Å². The van der Waals surface area contributed by atoms with Gasteiger partial charge in [-0.1, -0.05) is 6.92 Å². The number of halogens is 2. The maximum absolute atomic E-state index is 13.3. The zero-order valence-electron chi connectivity index (χ0n) is 10.4. The molecule has 0 aromatic carbocycles.